The highest BCUT2D eigenvalue weighted by Gasteiger charge is 2.29. The van der Waals surface area contributed by atoms with Crippen LogP contribution in [0.3, 0.4) is 0 Å². The molecular formula is C17H20N4OS. The molecule has 2 saturated carbocycles. The summed E-state index contributed by atoms with van der Waals surface area (Å²) in [6.45, 7) is 2.11. The van der Waals surface area contributed by atoms with Crippen molar-refractivity contribution in [3.8, 4) is 0 Å². The van der Waals surface area contributed by atoms with E-state index in [1.807, 2.05) is 24.3 Å². The van der Waals surface area contributed by atoms with Crippen LogP contribution in [-0.4, -0.2) is 15.3 Å². The van der Waals surface area contributed by atoms with Gasteiger partial charge in [0.1, 0.15) is 5.82 Å². The van der Waals surface area contributed by atoms with E-state index in [1.54, 1.807) is 0 Å². The zero-order valence-electron chi connectivity index (χ0n) is 13.1. The molecule has 1 heterocycles. The Morgan fingerprint density at radius 1 is 1.22 bits per heavy atom. The maximum atomic E-state index is 11.8. The van der Waals surface area contributed by atoms with Gasteiger partial charge in [0.15, 0.2) is 0 Å². The number of carbonyl (C=O) groups excluding carboxylic acids is 1. The van der Waals surface area contributed by atoms with Crippen molar-refractivity contribution < 1.29 is 4.79 Å². The van der Waals surface area contributed by atoms with Crippen molar-refractivity contribution in [2.45, 2.75) is 44.6 Å². The molecule has 4 rings (SSSR count). The van der Waals surface area contributed by atoms with Crippen LogP contribution in [0.25, 0.3) is 0 Å². The molecule has 1 aromatic carbocycles. The van der Waals surface area contributed by atoms with Gasteiger partial charge in [-0.05, 0) is 50.3 Å². The molecule has 0 bridgehead atoms. The SMILES string of the molecule is CC(Nc1nc(C2CC2)ns1)c1ccc(NC(=O)C2CC2)cc1. The lowest BCUT2D eigenvalue weighted by molar-refractivity contribution is -0.117. The van der Waals surface area contributed by atoms with Gasteiger partial charge >= 0.3 is 0 Å². The summed E-state index contributed by atoms with van der Waals surface area (Å²) in [5.41, 5.74) is 2.03. The van der Waals surface area contributed by atoms with Crippen LogP contribution < -0.4 is 10.6 Å². The number of hydrogen-bond donors (Lipinski definition) is 2. The van der Waals surface area contributed by atoms with Gasteiger partial charge in [0.2, 0.25) is 11.0 Å². The second-order valence-electron chi connectivity index (χ2n) is 6.48. The van der Waals surface area contributed by atoms with Crippen LogP contribution in [0.1, 0.15) is 56.0 Å². The Balaban J connectivity index is 1.36. The van der Waals surface area contributed by atoms with Gasteiger partial charge in [-0.2, -0.15) is 4.37 Å². The molecule has 0 aliphatic heterocycles. The fourth-order valence-corrected chi connectivity index (χ4v) is 3.25. The van der Waals surface area contributed by atoms with Crippen LogP contribution in [0.5, 0.6) is 0 Å². The van der Waals surface area contributed by atoms with Crippen molar-refractivity contribution in [3.05, 3.63) is 35.7 Å². The molecule has 0 radical (unpaired) electrons. The molecule has 5 nitrogen and oxygen atoms in total. The number of carbonyl (C=O) groups is 1. The molecule has 1 atom stereocenters. The van der Waals surface area contributed by atoms with Gasteiger partial charge in [-0.3, -0.25) is 4.79 Å². The first-order valence-corrected chi connectivity index (χ1v) is 8.97. The van der Waals surface area contributed by atoms with Gasteiger partial charge in [-0.15, -0.1) is 0 Å². The summed E-state index contributed by atoms with van der Waals surface area (Å²) in [4.78, 5) is 16.3. The Labute approximate surface area is 139 Å². The fourth-order valence-electron chi connectivity index (χ4n) is 2.51. The van der Waals surface area contributed by atoms with E-state index in [1.165, 1.54) is 24.4 Å². The lowest BCUT2D eigenvalue weighted by Crippen LogP contribution is -2.13. The number of benzene rings is 1. The third-order valence-corrected chi connectivity index (χ3v) is 5.01. The third kappa shape index (κ3) is 3.52. The van der Waals surface area contributed by atoms with Crippen molar-refractivity contribution in [3.63, 3.8) is 0 Å². The number of rotatable bonds is 6. The maximum Gasteiger partial charge on any atom is 0.227 e. The van der Waals surface area contributed by atoms with E-state index in [9.17, 15) is 4.79 Å². The summed E-state index contributed by atoms with van der Waals surface area (Å²) in [6, 6.07) is 8.17. The first-order chi connectivity index (χ1) is 11.2. The molecule has 0 spiro atoms. The lowest BCUT2D eigenvalue weighted by Gasteiger charge is -2.13. The number of aromatic nitrogens is 2. The average Bonchev–Trinajstić information content (AvgIpc) is 3.46. The minimum atomic E-state index is 0.144. The summed E-state index contributed by atoms with van der Waals surface area (Å²) < 4.78 is 4.41. The highest BCUT2D eigenvalue weighted by atomic mass is 32.1. The Bertz CT molecular complexity index is 704. The number of hydrogen-bond acceptors (Lipinski definition) is 5. The molecule has 23 heavy (non-hydrogen) atoms. The lowest BCUT2D eigenvalue weighted by atomic mass is 10.1. The minimum Gasteiger partial charge on any atom is -0.354 e. The van der Waals surface area contributed by atoms with Gasteiger partial charge < -0.3 is 10.6 Å². The third-order valence-electron chi connectivity index (χ3n) is 4.35. The Kier molecular flexibility index (Phi) is 3.77. The summed E-state index contributed by atoms with van der Waals surface area (Å²) in [7, 11) is 0. The first-order valence-electron chi connectivity index (χ1n) is 8.20. The van der Waals surface area contributed by atoms with E-state index in [2.05, 4.69) is 26.9 Å². The predicted molar refractivity (Wildman–Crippen MR) is 91.7 cm³/mol. The molecule has 120 valence electrons. The van der Waals surface area contributed by atoms with Gasteiger partial charge in [-0.25, -0.2) is 4.98 Å². The minimum absolute atomic E-state index is 0.144. The largest absolute Gasteiger partial charge is 0.354 e. The van der Waals surface area contributed by atoms with E-state index in [0.29, 0.717) is 5.92 Å². The van der Waals surface area contributed by atoms with Gasteiger partial charge in [-0.1, -0.05) is 12.1 Å². The second kappa shape index (κ2) is 5.92. The Morgan fingerprint density at radius 2 is 1.96 bits per heavy atom. The standard InChI is InChI=1S/C17H20N4OS/c1-10(18-17-20-15(21-23-17)12-2-3-12)11-6-8-14(9-7-11)19-16(22)13-4-5-13/h6-10,12-13H,2-5H2,1H3,(H,19,22)(H,18,20,21). The van der Waals surface area contributed by atoms with Crippen LogP contribution in [-0.2, 0) is 4.79 Å². The fraction of sp³-hybridized carbons (Fsp3) is 0.471. The van der Waals surface area contributed by atoms with Crippen molar-refractivity contribution in [1.82, 2.24) is 9.36 Å². The molecule has 2 N–H and O–H groups in total. The highest BCUT2D eigenvalue weighted by molar-refractivity contribution is 7.09. The topological polar surface area (TPSA) is 66.9 Å². The van der Waals surface area contributed by atoms with Crippen molar-refractivity contribution in [2.75, 3.05) is 10.6 Å². The van der Waals surface area contributed by atoms with E-state index < -0.39 is 0 Å². The second-order valence-corrected chi connectivity index (χ2v) is 7.24. The van der Waals surface area contributed by atoms with Crippen molar-refractivity contribution >= 4 is 28.3 Å². The normalized spacial score (nSPS) is 18.5. The zero-order valence-corrected chi connectivity index (χ0v) is 13.9. The Morgan fingerprint density at radius 3 is 2.61 bits per heavy atom. The van der Waals surface area contributed by atoms with Crippen LogP contribution >= 0.6 is 11.5 Å². The summed E-state index contributed by atoms with van der Waals surface area (Å²) in [6.07, 6.45) is 4.49. The van der Waals surface area contributed by atoms with E-state index in [0.717, 1.165) is 35.0 Å². The van der Waals surface area contributed by atoms with Crippen molar-refractivity contribution in [2.24, 2.45) is 5.92 Å². The maximum absolute atomic E-state index is 11.8. The quantitative estimate of drug-likeness (QED) is 0.843. The number of amides is 1. The molecule has 1 aromatic heterocycles. The molecular weight excluding hydrogens is 308 g/mol. The molecule has 2 aromatic rings. The number of anilines is 2. The van der Waals surface area contributed by atoms with Gasteiger partial charge in [0.25, 0.3) is 0 Å². The van der Waals surface area contributed by atoms with E-state index in [4.69, 9.17) is 0 Å². The van der Waals surface area contributed by atoms with Crippen LogP contribution in [0.15, 0.2) is 24.3 Å². The summed E-state index contributed by atoms with van der Waals surface area (Å²) in [5, 5.41) is 7.25. The molecule has 2 fully saturated rings. The van der Waals surface area contributed by atoms with Crippen molar-refractivity contribution in [1.29, 1.82) is 0 Å². The van der Waals surface area contributed by atoms with Gasteiger partial charge in [0, 0.05) is 29.1 Å². The Hall–Kier alpha value is -1.95. The summed E-state index contributed by atoms with van der Waals surface area (Å²) >= 11 is 1.43. The molecule has 6 heteroatoms. The first kappa shape index (κ1) is 14.6. The molecule has 0 saturated heterocycles. The number of nitrogens with one attached hydrogen (secondary N) is 2. The average molecular weight is 328 g/mol. The van der Waals surface area contributed by atoms with E-state index >= 15 is 0 Å². The summed E-state index contributed by atoms with van der Waals surface area (Å²) in [5.74, 6) is 1.95. The van der Waals surface area contributed by atoms with Gasteiger partial charge in [0.05, 0.1) is 6.04 Å². The van der Waals surface area contributed by atoms with Crippen LogP contribution in [0.2, 0.25) is 0 Å². The molecule has 1 amide bonds. The molecule has 1 unspecified atom stereocenters. The molecule has 2 aliphatic rings. The van der Waals surface area contributed by atoms with Crippen LogP contribution in [0, 0.1) is 5.92 Å². The predicted octanol–water partition coefficient (Wildman–Crippen LogP) is 3.94. The highest BCUT2D eigenvalue weighted by Crippen LogP contribution is 2.39. The smallest absolute Gasteiger partial charge is 0.227 e. The number of nitrogens with zero attached hydrogens (tertiary/aromatic N) is 2. The van der Waals surface area contributed by atoms with Crippen LogP contribution in [0.4, 0.5) is 10.8 Å². The molecule has 2 aliphatic carbocycles. The van der Waals surface area contributed by atoms with E-state index in [-0.39, 0.29) is 17.9 Å². The monoisotopic (exact) mass is 328 g/mol. The zero-order chi connectivity index (χ0) is 15.8.